The van der Waals surface area contributed by atoms with Gasteiger partial charge in [-0.2, -0.15) is 0 Å². The van der Waals surface area contributed by atoms with Crippen LogP contribution in [0, 0.1) is 0 Å². The van der Waals surface area contributed by atoms with E-state index in [4.69, 9.17) is 5.73 Å². The van der Waals surface area contributed by atoms with E-state index >= 15 is 0 Å². The summed E-state index contributed by atoms with van der Waals surface area (Å²) < 4.78 is 0. The second-order valence-corrected chi connectivity index (χ2v) is 4.67. The molecule has 0 aliphatic heterocycles. The van der Waals surface area contributed by atoms with Crippen LogP contribution < -0.4 is 11.1 Å². The lowest BCUT2D eigenvalue weighted by atomic mass is 10.0. The molecule has 16 heavy (non-hydrogen) atoms. The molecule has 1 unspecified atom stereocenters. The van der Waals surface area contributed by atoms with E-state index < -0.39 is 0 Å². The molecular formula is C13H16N2S. The van der Waals surface area contributed by atoms with Crippen molar-refractivity contribution >= 4 is 11.3 Å². The summed E-state index contributed by atoms with van der Waals surface area (Å²) in [7, 11) is 1.99. The third-order valence-corrected chi connectivity index (χ3v) is 3.57. The van der Waals surface area contributed by atoms with Gasteiger partial charge in [0.15, 0.2) is 0 Å². The lowest BCUT2D eigenvalue weighted by molar-refractivity contribution is 0.702. The van der Waals surface area contributed by atoms with E-state index in [2.05, 4.69) is 47.1 Å². The Morgan fingerprint density at radius 2 is 2.19 bits per heavy atom. The Morgan fingerprint density at radius 1 is 1.31 bits per heavy atom. The molecule has 1 atom stereocenters. The first-order valence-corrected chi connectivity index (χ1v) is 6.22. The number of benzene rings is 1. The van der Waals surface area contributed by atoms with Crippen molar-refractivity contribution in [2.24, 2.45) is 5.73 Å². The van der Waals surface area contributed by atoms with E-state index in [0.717, 1.165) is 0 Å². The van der Waals surface area contributed by atoms with Gasteiger partial charge in [-0.25, -0.2) is 0 Å². The van der Waals surface area contributed by atoms with E-state index in [1.807, 2.05) is 7.05 Å². The number of nitrogens with two attached hydrogens (primary N) is 1. The van der Waals surface area contributed by atoms with Gasteiger partial charge in [0.25, 0.3) is 0 Å². The van der Waals surface area contributed by atoms with E-state index in [-0.39, 0.29) is 6.04 Å². The Morgan fingerprint density at radius 3 is 2.81 bits per heavy atom. The number of nitrogens with one attached hydrogen (secondary N) is 1. The van der Waals surface area contributed by atoms with Gasteiger partial charge in [-0.05, 0) is 29.6 Å². The topological polar surface area (TPSA) is 38.0 Å². The van der Waals surface area contributed by atoms with Crippen LogP contribution in [0.5, 0.6) is 0 Å². The maximum atomic E-state index is 5.66. The standard InChI is InChI=1S/C13H16N2S/c1-15-13(12-6-3-7-16-12)11-5-2-4-10(8-11)9-14/h2-8,13,15H,9,14H2,1H3. The van der Waals surface area contributed by atoms with Crippen LogP contribution in [0.4, 0.5) is 0 Å². The largest absolute Gasteiger partial charge is 0.326 e. The molecule has 1 aromatic heterocycles. The van der Waals surface area contributed by atoms with Crippen molar-refractivity contribution in [3.8, 4) is 0 Å². The third-order valence-electron chi connectivity index (χ3n) is 2.64. The smallest absolute Gasteiger partial charge is 0.0668 e. The van der Waals surface area contributed by atoms with E-state index in [1.54, 1.807) is 11.3 Å². The molecule has 3 N–H and O–H groups in total. The van der Waals surface area contributed by atoms with Crippen LogP contribution in [0.2, 0.25) is 0 Å². The van der Waals surface area contributed by atoms with E-state index in [1.165, 1.54) is 16.0 Å². The van der Waals surface area contributed by atoms with Crippen LogP contribution in [0.1, 0.15) is 22.0 Å². The summed E-state index contributed by atoms with van der Waals surface area (Å²) in [4.78, 5) is 1.33. The van der Waals surface area contributed by atoms with Gasteiger partial charge in [-0.15, -0.1) is 11.3 Å². The normalized spacial score (nSPS) is 12.6. The average molecular weight is 232 g/mol. The van der Waals surface area contributed by atoms with Crippen molar-refractivity contribution in [2.45, 2.75) is 12.6 Å². The van der Waals surface area contributed by atoms with Crippen molar-refractivity contribution in [1.29, 1.82) is 0 Å². The summed E-state index contributed by atoms with van der Waals surface area (Å²) in [6.07, 6.45) is 0. The Kier molecular flexibility index (Phi) is 3.72. The maximum absolute atomic E-state index is 5.66. The molecule has 2 aromatic rings. The van der Waals surface area contributed by atoms with Crippen LogP contribution >= 0.6 is 11.3 Å². The molecule has 0 aliphatic carbocycles. The second kappa shape index (κ2) is 5.25. The quantitative estimate of drug-likeness (QED) is 0.850. The average Bonchev–Trinajstić information content (AvgIpc) is 2.84. The van der Waals surface area contributed by atoms with Gasteiger partial charge < -0.3 is 11.1 Å². The van der Waals surface area contributed by atoms with Gasteiger partial charge in [0, 0.05) is 11.4 Å². The SMILES string of the molecule is CNC(c1cccc(CN)c1)c1cccs1. The Balaban J connectivity index is 2.33. The molecule has 0 fully saturated rings. The van der Waals surface area contributed by atoms with Crippen LogP contribution in [0.25, 0.3) is 0 Å². The number of hydrogen-bond acceptors (Lipinski definition) is 3. The fraction of sp³-hybridized carbons (Fsp3) is 0.231. The molecule has 1 heterocycles. The van der Waals surface area contributed by atoms with Crippen molar-refractivity contribution in [3.63, 3.8) is 0 Å². The third kappa shape index (κ3) is 2.32. The first-order chi connectivity index (χ1) is 7.85. The lowest BCUT2D eigenvalue weighted by Gasteiger charge is -2.15. The lowest BCUT2D eigenvalue weighted by Crippen LogP contribution is -2.16. The minimum Gasteiger partial charge on any atom is -0.326 e. The summed E-state index contributed by atoms with van der Waals surface area (Å²) in [5.74, 6) is 0. The molecular weight excluding hydrogens is 216 g/mol. The monoisotopic (exact) mass is 232 g/mol. The highest BCUT2D eigenvalue weighted by atomic mass is 32.1. The van der Waals surface area contributed by atoms with Crippen LogP contribution in [-0.2, 0) is 6.54 Å². The Bertz CT molecular complexity index is 437. The van der Waals surface area contributed by atoms with Crippen LogP contribution in [0.15, 0.2) is 41.8 Å². The minimum atomic E-state index is 0.270. The van der Waals surface area contributed by atoms with Gasteiger partial charge in [0.05, 0.1) is 6.04 Å². The zero-order valence-corrected chi connectivity index (χ0v) is 10.1. The van der Waals surface area contributed by atoms with Crippen molar-refractivity contribution in [1.82, 2.24) is 5.32 Å². The molecule has 84 valence electrons. The first-order valence-electron chi connectivity index (χ1n) is 5.34. The summed E-state index contributed by atoms with van der Waals surface area (Å²) in [5, 5.41) is 5.45. The molecule has 1 aromatic carbocycles. The predicted molar refractivity (Wildman–Crippen MR) is 69.6 cm³/mol. The number of rotatable bonds is 4. The van der Waals surface area contributed by atoms with Gasteiger partial charge in [-0.3, -0.25) is 0 Å². The molecule has 0 aliphatic rings. The van der Waals surface area contributed by atoms with Gasteiger partial charge in [0.1, 0.15) is 0 Å². The van der Waals surface area contributed by atoms with Gasteiger partial charge in [0.2, 0.25) is 0 Å². The fourth-order valence-corrected chi connectivity index (χ4v) is 2.69. The summed E-state index contributed by atoms with van der Waals surface area (Å²) in [6.45, 7) is 0.592. The summed E-state index contributed by atoms with van der Waals surface area (Å²) >= 11 is 1.77. The predicted octanol–water partition coefficient (Wildman–Crippen LogP) is 2.52. The van der Waals surface area contributed by atoms with E-state index in [9.17, 15) is 0 Å². The highest BCUT2D eigenvalue weighted by Crippen LogP contribution is 2.25. The Labute approximate surface area is 100 Å². The zero-order valence-electron chi connectivity index (χ0n) is 9.31. The van der Waals surface area contributed by atoms with Crippen molar-refractivity contribution in [2.75, 3.05) is 7.05 Å². The molecule has 3 heteroatoms. The number of hydrogen-bond donors (Lipinski definition) is 2. The van der Waals surface area contributed by atoms with Crippen LogP contribution in [-0.4, -0.2) is 7.05 Å². The highest BCUT2D eigenvalue weighted by molar-refractivity contribution is 7.10. The first kappa shape index (κ1) is 11.3. The van der Waals surface area contributed by atoms with Crippen LogP contribution in [0.3, 0.4) is 0 Å². The Hall–Kier alpha value is -1.16. The summed E-state index contributed by atoms with van der Waals surface area (Å²) in [6, 6.07) is 12.9. The maximum Gasteiger partial charge on any atom is 0.0668 e. The molecule has 0 bridgehead atoms. The summed E-state index contributed by atoms with van der Waals surface area (Å²) in [5.41, 5.74) is 8.11. The molecule has 0 spiro atoms. The number of thiophene rings is 1. The molecule has 0 radical (unpaired) electrons. The molecule has 2 nitrogen and oxygen atoms in total. The van der Waals surface area contributed by atoms with Gasteiger partial charge in [-0.1, -0.05) is 30.3 Å². The highest BCUT2D eigenvalue weighted by Gasteiger charge is 2.12. The molecule has 0 saturated heterocycles. The van der Waals surface area contributed by atoms with Crippen molar-refractivity contribution in [3.05, 3.63) is 57.8 Å². The van der Waals surface area contributed by atoms with Crippen molar-refractivity contribution < 1.29 is 0 Å². The van der Waals surface area contributed by atoms with E-state index in [0.29, 0.717) is 6.54 Å². The molecule has 0 saturated carbocycles. The van der Waals surface area contributed by atoms with Gasteiger partial charge >= 0.3 is 0 Å². The molecule has 2 rings (SSSR count). The second-order valence-electron chi connectivity index (χ2n) is 3.69. The molecule has 0 amide bonds. The minimum absolute atomic E-state index is 0.270. The fourth-order valence-electron chi connectivity index (χ4n) is 1.83. The zero-order chi connectivity index (χ0) is 11.4.